The van der Waals surface area contributed by atoms with Crippen LogP contribution < -0.4 is 19.8 Å². The third-order valence-electron chi connectivity index (χ3n) is 8.68. The van der Waals surface area contributed by atoms with Gasteiger partial charge in [-0.05, 0) is 73.9 Å². The molecular weight excluding hydrogens is 550 g/mol. The summed E-state index contributed by atoms with van der Waals surface area (Å²) in [5, 5.41) is 22.8. The number of fused-ring (bicyclic) bond motifs is 1. The summed E-state index contributed by atoms with van der Waals surface area (Å²) in [5.74, 6) is -2.47. The Bertz CT molecular complexity index is 1540. The van der Waals surface area contributed by atoms with Gasteiger partial charge in [0.1, 0.15) is 0 Å². The van der Waals surface area contributed by atoms with Crippen LogP contribution in [0.1, 0.15) is 44.1 Å². The van der Waals surface area contributed by atoms with E-state index in [9.17, 15) is 22.3 Å². The maximum atomic E-state index is 13.8. The summed E-state index contributed by atoms with van der Waals surface area (Å²) in [6, 6.07) is 9.50. The molecule has 6 rings (SSSR count). The second kappa shape index (κ2) is 10.5. The number of anilines is 5. The lowest BCUT2D eigenvalue weighted by atomic mass is 9.93. The first-order valence-corrected chi connectivity index (χ1v) is 15.9. The van der Waals surface area contributed by atoms with Crippen molar-refractivity contribution in [2.75, 3.05) is 58.4 Å². The van der Waals surface area contributed by atoms with Gasteiger partial charge in [-0.3, -0.25) is 4.72 Å². The maximum Gasteiger partial charge on any atom is 0.251 e. The highest BCUT2D eigenvalue weighted by Gasteiger charge is 2.44. The number of nitrogens with zero attached hydrogens (tertiary/aromatic N) is 4. The number of hydrogen-bond donors (Lipinski definition) is 3. The van der Waals surface area contributed by atoms with Crippen molar-refractivity contribution in [3.8, 4) is 0 Å². The fraction of sp³-hybridized carbons (Fsp3) is 0.517. The lowest BCUT2D eigenvalue weighted by Crippen LogP contribution is -2.39. The Balaban J connectivity index is 1.36. The molecule has 3 aromatic rings. The van der Waals surface area contributed by atoms with E-state index in [1.54, 1.807) is 12.3 Å². The molecule has 0 amide bonds. The van der Waals surface area contributed by atoms with E-state index in [0.29, 0.717) is 30.0 Å². The Labute approximate surface area is 239 Å². The number of rotatable bonds is 8. The van der Waals surface area contributed by atoms with Gasteiger partial charge in [-0.2, -0.15) is 5.10 Å². The topological polar surface area (TPSA) is 111 Å². The van der Waals surface area contributed by atoms with Crippen molar-refractivity contribution in [2.24, 2.45) is 5.41 Å². The Hall–Kier alpha value is -3.25. The maximum absolute atomic E-state index is 13.8. The standard InChI is InChI=1S/C29H36F2N6O3S/c1-20-14-22(17-24(15-20)36-10-6-29(30,31)7-11-36)33-27-26-21(19-32-34-27)16-23(35-41(39,40)13-12-38)18-25(26)37-8-4-28(2-3-28)5-9-37/h14-19,35,38H,2-13H2,1H3,(H,33,34). The van der Waals surface area contributed by atoms with Gasteiger partial charge in [0.05, 0.1) is 35.3 Å². The van der Waals surface area contributed by atoms with Crippen molar-refractivity contribution in [3.05, 3.63) is 42.1 Å². The van der Waals surface area contributed by atoms with E-state index in [0.717, 1.165) is 59.3 Å². The molecular formula is C29H36F2N6O3S. The van der Waals surface area contributed by atoms with Crippen molar-refractivity contribution in [1.29, 1.82) is 0 Å². The predicted molar refractivity (Wildman–Crippen MR) is 158 cm³/mol. The fourth-order valence-electron chi connectivity index (χ4n) is 6.10. The quantitative estimate of drug-likeness (QED) is 0.337. The van der Waals surface area contributed by atoms with E-state index in [4.69, 9.17) is 0 Å². The molecule has 3 N–H and O–H groups in total. The molecule has 0 bridgehead atoms. The minimum Gasteiger partial charge on any atom is -0.395 e. The second-order valence-electron chi connectivity index (χ2n) is 11.8. The molecule has 1 spiro atoms. The van der Waals surface area contributed by atoms with Crippen molar-refractivity contribution >= 4 is 49.4 Å². The molecule has 2 saturated heterocycles. The second-order valence-corrected chi connectivity index (χ2v) is 13.7. The van der Waals surface area contributed by atoms with E-state index in [2.05, 4.69) is 25.1 Å². The van der Waals surface area contributed by atoms with Gasteiger partial charge in [-0.15, -0.1) is 5.10 Å². The smallest absolute Gasteiger partial charge is 0.251 e. The van der Waals surface area contributed by atoms with Crippen LogP contribution in [0.5, 0.6) is 0 Å². The van der Waals surface area contributed by atoms with Crippen molar-refractivity contribution in [3.63, 3.8) is 0 Å². The molecule has 3 heterocycles. The number of piperidine rings is 2. The van der Waals surface area contributed by atoms with Gasteiger partial charge >= 0.3 is 0 Å². The summed E-state index contributed by atoms with van der Waals surface area (Å²) in [6.07, 6.45) is 6.01. The van der Waals surface area contributed by atoms with Crippen LogP contribution in [-0.2, 0) is 10.0 Å². The molecule has 2 aromatic carbocycles. The van der Waals surface area contributed by atoms with Gasteiger partial charge < -0.3 is 20.2 Å². The van der Waals surface area contributed by atoms with Gasteiger partial charge in [-0.25, -0.2) is 17.2 Å². The SMILES string of the molecule is Cc1cc(Nc2nncc3cc(NS(=O)(=O)CCO)cc(N4CCC5(CC4)CC5)c23)cc(N2CCC(F)(F)CC2)c1. The van der Waals surface area contributed by atoms with Crippen LogP contribution in [-0.4, -0.2) is 68.2 Å². The van der Waals surface area contributed by atoms with Crippen LogP contribution in [0.15, 0.2) is 36.5 Å². The number of benzene rings is 2. The number of alkyl halides is 2. The third kappa shape index (κ3) is 6.18. The molecule has 3 fully saturated rings. The average Bonchev–Trinajstić information content (AvgIpc) is 3.66. The number of hydrogen-bond acceptors (Lipinski definition) is 8. The summed E-state index contributed by atoms with van der Waals surface area (Å²) in [5.41, 5.74) is 4.37. The van der Waals surface area contributed by atoms with Gasteiger partial charge in [0.15, 0.2) is 5.82 Å². The van der Waals surface area contributed by atoms with Gasteiger partial charge in [0.2, 0.25) is 10.0 Å². The Morgan fingerprint density at radius 2 is 1.63 bits per heavy atom. The molecule has 9 nitrogen and oxygen atoms in total. The Morgan fingerprint density at radius 3 is 2.32 bits per heavy atom. The average molecular weight is 587 g/mol. The Morgan fingerprint density at radius 1 is 0.927 bits per heavy atom. The number of aliphatic hydroxyl groups excluding tert-OH is 1. The van der Waals surface area contributed by atoms with Crippen LogP contribution in [0.25, 0.3) is 10.8 Å². The molecule has 12 heteroatoms. The summed E-state index contributed by atoms with van der Waals surface area (Å²) < 4.78 is 55.1. The highest BCUT2D eigenvalue weighted by atomic mass is 32.2. The largest absolute Gasteiger partial charge is 0.395 e. The number of aromatic nitrogens is 2. The van der Waals surface area contributed by atoms with Crippen LogP contribution >= 0.6 is 0 Å². The lowest BCUT2D eigenvalue weighted by Gasteiger charge is -2.35. The first-order valence-electron chi connectivity index (χ1n) is 14.2. The predicted octanol–water partition coefficient (Wildman–Crippen LogP) is 5.03. The zero-order valence-electron chi connectivity index (χ0n) is 23.2. The first kappa shape index (κ1) is 27.9. The summed E-state index contributed by atoms with van der Waals surface area (Å²) in [6.45, 7) is 3.80. The van der Waals surface area contributed by atoms with Crippen molar-refractivity contribution < 1.29 is 22.3 Å². The summed E-state index contributed by atoms with van der Waals surface area (Å²) in [7, 11) is -3.72. The number of nitrogens with one attached hydrogen (secondary N) is 2. The van der Waals surface area contributed by atoms with E-state index >= 15 is 0 Å². The zero-order valence-corrected chi connectivity index (χ0v) is 24.0. The van der Waals surface area contributed by atoms with E-state index < -0.39 is 28.3 Å². The van der Waals surface area contributed by atoms with E-state index in [-0.39, 0.29) is 12.8 Å². The number of aryl methyl sites for hydroxylation is 1. The number of aliphatic hydroxyl groups is 1. The molecule has 41 heavy (non-hydrogen) atoms. The monoisotopic (exact) mass is 586 g/mol. The highest BCUT2D eigenvalue weighted by Crippen LogP contribution is 2.54. The first-order chi connectivity index (χ1) is 19.5. The highest BCUT2D eigenvalue weighted by molar-refractivity contribution is 7.92. The molecule has 0 unspecified atom stereocenters. The zero-order chi connectivity index (χ0) is 28.8. The summed E-state index contributed by atoms with van der Waals surface area (Å²) in [4.78, 5) is 4.28. The minimum absolute atomic E-state index is 0.163. The lowest BCUT2D eigenvalue weighted by molar-refractivity contribution is -0.0220. The molecule has 1 saturated carbocycles. The van der Waals surface area contributed by atoms with Crippen LogP contribution in [0.4, 0.5) is 37.3 Å². The van der Waals surface area contributed by atoms with Crippen molar-refractivity contribution in [1.82, 2.24) is 10.2 Å². The fourth-order valence-corrected chi connectivity index (χ4v) is 6.92. The molecule has 1 aromatic heterocycles. The van der Waals surface area contributed by atoms with Gasteiger partial charge in [0, 0.05) is 55.8 Å². The van der Waals surface area contributed by atoms with E-state index in [1.165, 1.54) is 12.8 Å². The van der Waals surface area contributed by atoms with Crippen molar-refractivity contribution in [2.45, 2.75) is 51.4 Å². The summed E-state index contributed by atoms with van der Waals surface area (Å²) >= 11 is 0. The van der Waals surface area contributed by atoms with Crippen LogP contribution in [0.2, 0.25) is 0 Å². The Kier molecular flexibility index (Phi) is 7.17. The number of halogens is 2. The van der Waals surface area contributed by atoms with Crippen LogP contribution in [0, 0.1) is 12.3 Å². The molecule has 220 valence electrons. The molecule has 0 atom stereocenters. The third-order valence-corrected chi connectivity index (χ3v) is 9.95. The molecule has 0 radical (unpaired) electrons. The molecule has 3 aliphatic rings. The molecule has 2 aliphatic heterocycles. The normalized spacial score (nSPS) is 19.9. The number of sulfonamides is 1. The van der Waals surface area contributed by atoms with E-state index in [1.807, 2.05) is 36.1 Å². The molecule has 1 aliphatic carbocycles. The van der Waals surface area contributed by atoms with Crippen LogP contribution in [0.3, 0.4) is 0 Å². The van der Waals surface area contributed by atoms with Gasteiger partial charge in [0.25, 0.3) is 5.92 Å². The van der Waals surface area contributed by atoms with Gasteiger partial charge in [-0.1, -0.05) is 0 Å². The minimum atomic E-state index is -3.72.